The molecule has 0 fully saturated rings. The zero-order chi connectivity index (χ0) is 14.4. The molecule has 0 aliphatic heterocycles. The van der Waals surface area contributed by atoms with Crippen molar-refractivity contribution >= 4 is 17.5 Å². The van der Waals surface area contributed by atoms with Crippen LogP contribution in [0.2, 0.25) is 0 Å². The van der Waals surface area contributed by atoms with Gasteiger partial charge in [0.1, 0.15) is 5.88 Å². The summed E-state index contributed by atoms with van der Waals surface area (Å²) in [6.45, 7) is 0.419. The summed E-state index contributed by atoms with van der Waals surface area (Å²) in [6, 6.07) is 3.61. The third-order valence-electron chi connectivity index (χ3n) is 2.68. The summed E-state index contributed by atoms with van der Waals surface area (Å²) < 4.78 is 15.7. The van der Waals surface area contributed by atoms with E-state index >= 15 is 0 Å². The van der Waals surface area contributed by atoms with Gasteiger partial charge in [-0.3, -0.25) is 4.79 Å². The largest absolute Gasteiger partial charge is 0.493 e. The van der Waals surface area contributed by atoms with Crippen molar-refractivity contribution in [2.75, 3.05) is 34.3 Å². The van der Waals surface area contributed by atoms with E-state index in [1.165, 1.54) is 4.90 Å². The average molecular weight is 288 g/mol. The minimum absolute atomic E-state index is 0.0407. The summed E-state index contributed by atoms with van der Waals surface area (Å²) in [7, 11) is 6.33. The zero-order valence-corrected chi connectivity index (χ0v) is 12.3. The van der Waals surface area contributed by atoms with E-state index in [-0.39, 0.29) is 11.8 Å². The molecule has 0 radical (unpaired) electrons. The normalized spacial score (nSPS) is 9.95. The monoisotopic (exact) mass is 287 g/mol. The van der Waals surface area contributed by atoms with Gasteiger partial charge in [-0.1, -0.05) is 0 Å². The third kappa shape index (κ3) is 3.67. The van der Waals surface area contributed by atoms with Gasteiger partial charge in [0.05, 0.1) is 21.3 Å². The van der Waals surface area contributed by atoms with Gasteiger partial charge in [-0.15, -0.1) is 11.6 Å². The van der Waals surface area contributed by atoms with E-state index in [4.69, 9.17) is 25.8 Å². The van der Waals surface area contributed by atoms with Gasteiger partial charge in [0.2, 0.25) is 11.7 Å². The van der Waals surface area contributed by atoms with Crippen molar-refractivity contribution in [3.05, 3.63) is 17.7 Å². The molecule has 1 aromatic rings. The summed E-state index contributed by atoms with van der Waals surface area (Å²) in [6.07, 6.45) is 0. The molecule has 0 N–H and O–H groups in total. The molecule has 0 bridgehead atoms. The molecule has 1 amide bonds. The summed E-state index contributed by atoms with van der Waals surface area (Å²) in [5, 5.41) is 0. The molecular weight excluding hydrogens is 270 g/mol. The van der Waals surface area contributed by atoms with Crippen molar-refractivity contribution in [3.8, 4) is 17.2 Å². The van der Waals surface area contributed by atoms with Gasteiger partial charge in [0, 0.05) is 13.6 Å². The molecule has 1 rings (SSSR count). The number of rotatable bonds is 6. The number of nitrogens with zero attached hydrogens (tertiary/aromatic N) is 1. The number of carbonyl (C=O) groups excluding carboxylic acids is 1. The smallest absolute Gasteiger partial charge is 0.237 e. The van der Waals surface area contributed by atoms with Gasteiger partial charge in [0.25, 0.3) is 0 Å². The molecule has 0 aliphatic carbocycles. The van der Waals surface area contributed by atoms with E-state index in [1.54, 1.807) is 40.5 Å². The van der Waals surface area contributed by atoms with Gasteiger partial charge >= 0.3 is 0 Å². The van der Waals surface area contributed by atoms with Crippen LogP contribution in [0, 0.1) is 0 Å². The number of ether oxygens (including phenoxy) is 3. The lowest BCUT2D eigenvalue weighted by atomic mass is 10.1. The van der Waals surface area contributed by atoms with Gasteiger partial charge in [0.15, 0.2) is 11.5 Å². The highest BCUT2D eigenvalue weighted by Gasteiger charge is 2.15. The standard InChI is InChI=1S/C13H18ClNO4/c1-15(12(16)7-14)8-9-5-10(17-2)13(19-4)11(6-9)18-3/h5-6H,7-8H2,1-4H3. The highest BCUT2D eigenvalue weighted by atomic mass is 35.5. The molecule has 0 saturated carbocycles. The lowest BCUT2D eigenvalue weighted by Crippen LogP contribution is -2.27. The number of benzene rings is 1. The Balaban J connectivity index is 3.06. The van der Waals surface area contributed by atoms with Crippen LogP contribution in [0.5, 0.6) is 17.2 Å². The molecule has 0 spiro atoms. The first kappa shape index (κ1) is 15.4. The predicted octanol–water partition coefficient (Wildman–Crippen LogP) is 1.91. The molecule has 0 unspecified atom stereocenters. The quantitative estimate of drug-likeness (QED) is 0.750. The van der Waals surface area contributed by atoms with Crippen molar-refractivity contribution in [2.24, 2.45) is 0 Å². The first-order valence-electron chi connectivity index (χ1n) is 5.66. The molecule has 5 nitrogen and oxygen atoms in total. The second-order valence-corrected chi connectivity index (χ2v) is 4.18. The maximum absolute atomic E-state index is 11.5. The molecule has 0 saturated heterocycles. The van der Waals surface area contributed by atoms with Crippen LogP contribution in [0.3, 0.4) is 0 Å². The number of halogens is 1. The lowest BCUT2D eigenvalue weighted by Gasteiger charge is -2.18. The fourth-order valence-electron chi connectivity index (χ4n) is 1.69. The van der Waals surface area contributed by atoms with Crippen LogP contribution in [0.25, 0.3) is 0 Å². The summed E-state index contributed by atoms with van der Waals surface area (Å²) in [5.41, 5.74) is 0.871. The molecule has 0 aromatic heterocycles. The Bertz CT molecular complexity index is 425. The number of methoxy groups -OCH3 is 3. The Morgan fingerprint density at radius 3 is 2.05 bits per heavy atom. The topological polar surface area (TPSA) is 48.0 Å². The van der Waals surface area contributed by atoms with Gasteiger partial charge < -0.3 is 19.1 Å². The number of amides is 1. The van der Waals surface area contributed by atoms with Gasteiger partial charge in [-0.2, -0.15) is 0 Å². The van der Waals surface area contributed by atoms with E-state index in [1.807, 2.05) is 0 Å². The highest BCUT2D eigenvalue weighted by Crippen LogP contribution is 2.38. The Kier molecular flexibility index (Phi) is 5.76. The minimum Gasteiger partial charge on any atom is -0.493 e. The molecule has 0 atom stereocenters. The van der Waals surface area contributed by atoms with Crippen molar-refractivity contribution < 1.29 is 19.0 Å². The molecule has 0 heterocycles. The summed E-state index contributed by atoms with van der Waals surface area (Å²) in [5.74, 6) is 1.46. The van der Waals surface area contributed by atoms with Crippen LogP contribution in [-0.2, 0) is 11.3 Å². The van der Waals surface area contributed by atoms with E-state index in [9.17, 15) is 4.79 Å². The summed E-state index contributed by atoms with van der Waals surface area (Å²) >= 11 is 5.52. The lowest BCUT2D eigenvalue weighted by molar-refractivity contribution is -0.127. The second kappa shape index (κ2) is 7.09. The first-order chi connectivity index (χ1) is 9.07. The van der Waals surface area contributed by atoms with Crippen LogP contribution in [0.4, 0.5) is 0 Å². The van der Waals surface area contributed by atoms with Crippen LogP contribution in [0.15, 0.2) is 12.1 Å². The fraction of sp³-hybridized carbons (Fsp3) is 0.462. The van der Waals surface area contributed by atoms with Crippen LogP contribution in [0.1, 0.15) is 5.56 Å². The van der Waals surface area contributed by atoms with Crippen molar-refractivity contribution in [2.45, 2.75) is 6.54 Å². The van der Waals surface area contributed by atoms with Crippen molar-refractivity contribution in [1.29, 1.82) is 0 Å². The maximum atomic E-state index is 11.5. The van der Waals surface area contributed by atoms with E-state index in [0.29, 0.717) is 23.8 Å². The molecular formula is C13H18ClNO4. The molecule has 106 valence electrons. The number of alkyl halides is 1. The zero-order valence-electron chi connectivity index (χ0n) is 11.5. The minimum atomic E-state index is -0.143. The van der Waals surface area contributed by atoms with Crippen LogP contribution < -0.4 is 14.2 Å². The highest BCUT2D eigenvalue weighted by molar-refractivity contribution is 6.27. The van der Waals surface area contributed by atoms with E-state index < -0.39 is 0 Å². The Labute approximate surface area is 118 Å². The molecule has 6 heteroatoms. The van der Waals surface area contributed by atoms with Crippen molar-refractivity contribution in [1.82, 2.24) is 4.90 Å². The third-order valence-corrected chi connectivity index (χ3v) is 2.91. The van der Waals surface area contributed by atoms with E-state index in [0.717, 1.165) is 5.56 Å². The second-order valence-electron chi connectivity index (χ2n) is 3.92. The van der Waals surface area contributed by atoms with Crippen LogP contribution in [-0.4, -0.2) is 45.1 Å². The predicted molar refractivity (Wildman–Crippen MR) is 73.3 cm³/mol. The Morgan fingerprint density at radius 1 is 1.16 bits per heavy atom. The Morgan fingerprint density at radius 2 is 1.68 bits per heavy atom. The SMILES string of the molecule is COc1cc(CN(C)C(=O)CCl)cc(OC)c1OC. The van der Waals surface area contributed by atoms with Gasteiger partial charge in [-0.05, 0) is 17.7 Å². The average Bonchev–Trinajstić information content (AvgIpc) is 2.44. The summed E-state index contributed by atoms with van der Waals surface area (Å²) in [4.78, 5) is 13.0. The van der Waals surface area contributed by atoms with Gasteiger partial charge in [-0.25, -0.2) is 0 Å². The molecule has 0 aliphatic rings. The number of carbonyl (C=O) groups is 1. The first-order valence-corrected chi connectivity index (χ1v) is 6.19. The molecule has 1 aromatic carbocycles. The van der Waals surface area contributed by atoms with E-state index in [2.05, 4.69) is 0 Å². The van der Waals surface area contributed by atoms with Crippen LogP contribution >= 0.6 is 11.6 Å². The molecule has 19 heavy (non-hydrogen) atoms. The van der Waals surface area contributed by atoms with Crippen molar-refractivity contribution in [3.63, 3.8) is 0 Å². The fourth-order valence-corrected chi connectivity index (χ4v) is 1.89. The Hall–Kier alpha value is -1.62. The maximum Gasteiger partial charge on any atom is 0.237 e. The number of hydrogen-bond acceptors (Lipinski definition) is 4. The number of hydrogen-bond donors (Lipinski definition) is 0.